The number of pyridine rings is 3. The van der Waals surface area contributed by atoms with E-state index in [2.05, 4.69) is 103 Å². The van der Waals surface area contributed by atoms with Gasteiger partial charge >= 0.3 is 0 Å². The zero-order valence-corrected chi connectivity index (χ0v) is 19.0. The lowest BCUT2D eigenvalue weighted by atomic mass is 9.71. The Morgan fingerprint density at radius 1 is 0.543 bits per heavy atom. The van der Waals surface area contributed by atoms with Crippen molar-refractivity contribution in [1.82, 2.24) is 15.0 Å². The second-order valence-electron chi connectivity index (χ2n) is 8.85. The molecule has 3 aromatic carbocycles. The Morgan fingerprint density at radius 3 is 2.29 bits per heavy atom. The Bertz CT molecular complexity index is 1650. The van der Waals surface area contributed by atoms with Crippen molar-refractivity contribution >= 4 is 10.8 Å². The first-order chi connectivity index (χ1) is 17.4. The van der Waals surface area contributed by atoms with E-state index in [-0.39, 0.29) is 0 Å². The molecule has 0 aliphatic heterocycles. The minimum absolute atomic E-state index is 0.616. The predicted octanol–water partition coefficient (Wildman–Crippen LogP) is 7.05. The van der Waals surface area contributed by atoms with E-state index in [1.54, 1.807) is 0 Å². The highest BCUT2D eigenvalue weighted by atomic mass is 14.8. The molecule has 1 atom stereocenters. The largest absolute Gasteiger partial charge is 0.259 e. The van der Waals surface area contributed by atoms with E-state index >= 15 is 0 Å². The predicted molar refractivity (Wildman–Crippen MR) is 140 cm³/mol. The molecule has 0 spiro atoms. The first-order valence-electron chi connectivity index (χ1n) is 11.8. The molecular weight excluding hydrogens is 426 g/mol. The molecule has 1 aliphatic rings. The zero-order valence-electron chi connectivity index (χ0n) is 19.0. The molecule has 3 heteroatoms. The molecule has 0 saturated carbocycles. The van der Waals surface area contributed by atoms with Gasteiger partial charge in [-0.15, -0.1) is 0 Å². The van der Waals surface area contributed by atoms with Crippen molar-refractivity contribution < 1.29 is 0 Å². The third-order valence-electron chi connectivity index (χ3n) is 7.04. The second-order valence-corrected chi connectivity index (χ2v) is 8.85. The van der Waals surface area contributed by atoms with E-state index in [0.717, 1.165) is 44.7 Å². The molecule has 0 saturated heterocycles. The highest BCUT2D eigenvalue weighted by molar-refractivity contribution is 5.93. The zero-order chi connectivity index (χ0) is 23.2. The summed E-state index contributed by atoms with van der Waals surface area (Å²) < 4.78 is 0. The van der Waals surface area contributed by atoms with Gasteiger partial charge in [-0.05, 0) is 46.3 Å². The van der Waals surface area contributed by atoms with Gasteiger partial charge in [-0.25, -0.2) is 4.98 Å². The van der Waals surface area contributed by atoms with Crippen molar-refractivity contribution in [3.8, 4) is 22.5 Å². The Labute approximate surface area is 203 Å². The minimum Gasteiger partial charge on any atom is -0.259 e. The van der Waals surface area contributed by atoms with Crippen LogP contribution in [0.25, 0.3) is 33.3 Å². The summed E-state index contributed by atoms with van der Waals surface area (Å²) in [7, 11) is 0. The topological polar surface area (TPSA) is 38.7 Å². The maximum Gasteiger partial charge on any atom is 0.106 e. The standard InChI is InChI=1S/C32H21N3/c1-2-11-23(12-3-1)32(27-16-7-6-14-25(27)26-15-9-20-34-31(26)32)29-18-8-17-28(35-29)30-24-13-5-4-10-22(24)19-21-33-30/h1-21H/t32-/m1/s1. The van der Waals surface area contributed by atoms with Crippen LogP contribution in [0.2, 0.25) is 0 Å². The Morgan fingerprint density at radius 2 is 1.34 bits per heavy atom. The average Bonchev–Trinajstić information content (AvgIpc) is 3.25. The molecule has 0 fully saturated rings. The Kier molecular flexibility index (Phi) is 4.36. The number of benzene rings is 3. The first kappa shape index (κ1) is 19.8. The summed E-state index contributed by atoms with van der Waals surface area (Å²) in [6, 6.07) is 40.1. The van der Waals surface area contributed by atoms with Crippen LogP contribution in [0.5, 0.6) is 0 Å². The molecule has 1 aliphatic carbocycles. The molecule has 0 amide bonds. The van der Waals surface area contributed by atoms with Gasteiger partial charge < -0.3 is 0 Å². The van der Waals surface area contributed by atoms with Crippen molar-refractivity contribution in [3.63, 3.8) is 0 Å². The highest BCUT2D eigenvalue weighted by Gasteiger charge is 2.48. The van der Waals surface area contributed by atoms with Gasteiger partial charge in [-0.3, -0.25) is 9.97 Å². The van der Waals surface area contributed by atoms with Crippen LogP contribution in [0.4, 0.5) is 0 Å². The molecule has 0 unspecified atom stereocenters. The average molecular weight is 448 g/mol. The van der Waals surface area contributed by atoms with Crippen LogP contribution in [0, 0.1) is 0 Å². The fraction of sp³-hybridized carbons (Fsp3) is 0.0312. The van der Waals surface area contributed by atoms with Gasteiger partial charge in [0.2, 0.25) is 0 Å². The van der Waals surface area contributed by atoms with Crippen LogP contribution in [0.15, 0.2) is 128 Å². The van der Waals surface area contributed by atoms with Crippen LogP contribution in [-0.2, 0) is 5.41 Å². The van der Waals surface area contributed by atoms with Crippen molar-refractivity contribution in [1.29, 1.82) is 0 Å². The van der Waals surface area contributed by atoms with E-state index < -0.39 is 5.41 Å². The molecule has 3 aromatic heterocycles. The van der Waals surface area contributed by atoms with E-state index in [1.807, 2.05) is 24.5 Å². The minimum atomic E-state index is -0.616. The normalized spacial score (nSPS) is 16.1. The second kappa shape index (κ2) is 7.71. The third-order valence-corrected chi connectivity index (χ3v) is 7.04. The smallest absolute Gasteiger partial charge is 0.106 e. The molecule has 0 bridgehead atoms. The summed E-state index contributed by atoms with van der Waals surface area (Å²) >= 11 is 0. The van der Waals surface area contributed by atoms with Gasteiger partial charge in [0.1, 0.15) is 5.41 Å². The van der Waals surface area contributed by atoms with Gasteiger partial charge in [-0.2, -0.15) is 0 Å². The summed E-state index contributed by atoms with van der Waals surface area (Å²) in [6.07, 6.45) is 3.75. The van der Waals surface area contributed by atoms with Gasteiger partial charge in [0.05, 0.1) is 22.8 Å². The fourth-order valence-electron chi connectivity index (χ4n) is 5.58. The quantitative estimate of drug-likeness (QED) is 0.291. The molecule has 0 radical (unpaired) electrons. The molecular formula is C32H21N3. The van der Waals surface area contributed by atoms with E-state index in [0.29, 0.717) is 0 Å². The molecule has 164 valence electrons. The summed E-state index contributed by atoms with van der Waals surface area (Å²) in [6.45, 7) is 0. The lowest BCUT2D eigenvalue weighted by molar-refractivity contribution is 0.709. The summed E-state index contributed by atoms with van der Waals surface area (Å²) in [5.41, 5.74) is 7.81. The van der Waals surface area contributed by atoms with Gasteiger partial charge in [0, 0.05) is 23.3 Å². The first-order valence-corrected chi connectivity index (χ1v) is 11.8. The summed E-state index contributed by atoms with van der Waals surface area (Å²) in [5.74, 6) is 0. The number of aromatic nitrogens is 3. The molecule has 7 rings (SSSR count). The molecule has 35 heavy (non-hydrogen) atoms. The monoisotopic (exact) mass is 447 g/mol. The van der Waals surface area contributed by atoms with Crippen LogP contribution in [-0.4, -0.2) is 15.0 Å². The number of fused-ring (bicyclic) bond motifs is 4. The van der Waals surface area contributed by atoms with E-state index in [1.165, 1.54) is 11.1 Å². The van der Waals surface area contributed by atoms with Crippen LogP contribution < -0.4 is 0 Å². The summed E-state index contributed by atoms with van der Waals surface area (Å²) in [4.78, 5) is 15.0. The van der Waals surface area contributed by atoms with E-state index in [4.69, 9.17) is 15.0 Å². The fourth-order valence-corrected chi connectivity index (χ4v) is 5.58. The van der Waals surface area contributed by atoms with Crippen molar-refractivity contribution in [2.45, 2.75) is 5.41 Å². The molecule has 0 N–H and O–H groups in total. The Balaban J connectivity index is 1.57. The maximum atomic E-state index is 5.32. The van der Waals surface area contributed by atoms with Crippen LogP contribution >= 0.6 is 0 Å². The van der Waals surface area contributed by atoms with Crippen molar-refractivity contribution in [2.75, 3.05) is 0 Å². The maximum absolute atomic E-state index is 5.32. The number of hydrogen-bond acceptors (Lipinski definition) is 3. The SMILES string of the molecule is c1ccc([C@]2(c3cccc(-c4nccc5ccccc45)n3)c3ccccc3-c3cccnc32)cc1. The van der Waals surface area contributed by atoms with Crippen molar-refractivity contribution in [2.24, 2.45) is 0 Å². The third kappa shape index (κ3) is 2.82. The van der Waals surface area contributed by atoms with Gasteiger partial charge in [0.15, 0.2) is 0 Å². The lowest BCUT2D eigenvalue weighted by Crippen LogP contribution is -2.30. The van der Waals surface area contributed by atoms with E-state index in [9.17, 15) is 0 Å². The highest BCUT2D eigenvalue weighted by Crippen LogP contribution is 2.54. The number of rotatable bonds is 3. The van der Waals surface area contributed by atoms with Gasteiger partial charge in [-0.1, -0.05) is 91.0 Å². The molecule has 6 aromatic rings. The van der Waals surface area contributed by atoms with Crippen molar-refractivity contribution in [3.05, 3.63) is 150 Å². The summed E-state index contributed by atoms with van der Waals surface area (Å²) in [5, 5.41) is 2.25. The number of nitrogens with zero attached hydrogens (tertiary/aromatic N) is 3. The van der Waals surface area contributed by atoms with Gasteiger partial charge in [0.25, 0.3) is 0 Å². The lowest BCUT2D eigenvalue weighted by Gasteiger charge is -2.31. The molecule has 3 heterocycles. The Hall–Kier alpha value is -4.63. The van der Waals surface area contributed by atoms with Crippen LogP contribution in [0.1, 0.15) is 22.5 Å². The van der Waals surface area contributed by atoms with Crippen LogP contribution in [0.3, 0.4) is 0 Å². The molecule has 3 nitrogen and oxygen atoms in total. The number of hydrogen-bond donors (Lipinski definition) is 0.